The Morgan fingerprint density at radius 2 is 2.35 bits per heavy atom. The molecule has 0 aromatic heterocycles. The Morgan fingerprint density at radius 3 is 3.10 bits per heavy atom. The molecule has 4 nitrogen and oxygen atoms in total. The van der Waals surface area contributed by atoms with Gasteiger partial charge in [0.15, 0.2) is 0 Å². The van der Waals surface area contributed by atoms with E-state index in [9.17, 15) is 4.79 Å². The van der Waals surface area contributed by atoms with Crippen LogP contribution in [0.5, 0.6) is 0 Å². The van der Waals surface area contributed by atoms with Gasteiger partial charge in [0.25, 0.3) is 0 Å². The molecule has 1 amide bonds. The molecule has 0 spiro atoms. The number of hydrogen-bond donors (Lipinski definition) is 1. The normalized spacial score (nSPS) is 26.8. The third-order valence-electron chi connectivity index (χ3n) is 4.04. The maximum Gasteiger partial charge on any atom is 0.228 e. The van der Waals surface area contributed by atoms with Crippen molar-refractivity contribution in [2.75, 3.05) is 32.8 Å². The van der Waals surface area contributed by atoms with E-state index >= 15 is 0 Å². The van der Waals surface area contributed by atoms with Crippen molar-refractivity contribution in [2.24, 2.45) is 5.92 Å². The molecule has 1 aromatic carbocycles. The highest BCUT2D eigenvalue weighted by molar-refractivity contribution is 6.30. The predicted molar refractivity (Wildman–Crippen MR) is 77.7 cm³/mol. The van der Waals surface area contributed by atoms with Gasteiger partial charge in [-0.05, 0) is 24.1 Å². The Kier molecular flexibility index (Phi) is 4.24. The molecule has 20 heavy (non-hydrogen) atoms. The van der Waals surface area contributed by atoms with Crippen LogP contribution in [0.25, 0.3) is 0 Å². The van der Waals surface area contributed by atoms with Crippen LogP contribution in [-0.4, -0.2) is 43.7 Å². The highest BCUT2D eigenvalue weighted by Gasteiger charge is 2.34. The van der Waals surface area contributed by atoms with E-state index in [0.29, 0.717) is 18.2 Å². The summed E-state index contributed by atoms with van der Waals surface area (Å²) in [6, 6.07) is 7.85. The molecule has 2 saturated heterocycles. The summed E-state index contributed by atoms with van der Waals surface area (Å²) in [5.41, 5.74) is 1.09. The van der Waals surface area contributed by atoms with Crippen LogP contribution in [-0.2, 0) is 9.53 Å². The molecular formula is C15H19ClN2O2. The molecule has 2 heterocycles. The minimum atomic E-state index is 0.0229. The lowest BCUT2D eigenvalue weighted by molar-refractivity contribution is -0.139. The number of carbonyl (C=O) groups excluding carboxylic acids is 1. The van der Waals surface area contributed by atoms with Crippen LogP contribution in [0.2, 0.25) is 5.02 Å². The number of rotatable bonds is 2. The Labute approximate surface area is 124 Å². The van der Waals surface area contributed by atoms with Gasteiger partial charge in [0, 0.05) is 31.3 Å². The lowest BCUT2D eigenvalue weighted by atomic mass is 10.00. The summed E-state index contributed by atoms with van der Waals surface area (Å²) in [6.07, 6.45) is 0.838. The van der Waals surface area contributed by atoms with Crippen molar-refractivity contribution in [1.82, 2.24) is 10.2 Å². The van der Waals surface area contributed by atoms with Crippen molar-refractivity contribution in [3.05, 3.63) is 34.9 Å². The summed E-state index contributed by atoms with van der Waals surface area (Å²) in [6.45, 7) is 3.62. The van der Waals surface area contributed by atoms with Crippen molar-refractivity contribution in [1.29, 1.82) is 0 Å². The molecule has 1 N–H and O–H groups in total. The Bertz CT molecular complexity index is 489. The second kappa shape index (κ2) is 6.12. The fourth-order valence-electron chi connectivity index (χ4n) is 2.94. The van der Waals surface area contributed by atoms with Gasteiger partial charge >= 0.3 is 0 Å². The molecule has 2 aliphatic heterocycles. The van der Waals surface area contributed by atoms with Crippen molar-refractivity contribution in [2.45, 2.75) is 12.5 Å². The average molecular weight is 295 g/mol. The first-order valence-corrected chi connectivity index (χ1v) is 7.48. The first-order chi connectivity index (χ1) is 9.75. The van der Waals surface area contributed by atoms with E-state index in [1.54, 1.807) is 0 Å². The number of hydrogen-bond acceptors (Lipinski definition) is 3. The van der Waals surface area contributed by atoms with Gasteiger partial charge < -0.3 is 15.0 Å². The molecule has 0 bridgehead atoms. The Hall–Kier alpha value is -1.10. The van der Waals surface area contributed by atoms with Crippen LogP contribution in [0.4, 0.5) is 0 Å². The highest BCUT2D eigenvalue weighted by atomic mass is 35.5. The maximum atomic E-state index is 12.7. The number of nitrogens with zero attached hydrogens (tertiary/aromatic N) is 1. The molecule has 2 atom stereocenters. The lowest BCUT2D eigenvalue weighted by Gasteiger charge is -2.38. The van der Waals surface area contributed by atoms with Gasteiger partial charge in [-0.15, -0.1) is 0 Å². The van der Waals surface area contributed by atoms with Gasteiger partial charge in [-0.2, -0.15) is 0 Å². The topological polar surface area (TPSA) is 41.6 Å². The third-order valence-corrected chi connectivity index (χ3v) is 4.27. The zero-order chi connectivity index (χ0) is 13.9. The smallest absolute Gasteiger partial charge is 0.228 e. The van der Waals surface area contributed by atoms with Crippen LogP contribution in [0.3, 0.4) is 0 Å². The minimum absolute atomic E-state index is 0.0229. The lowest BCUT2D eigenvalue weighted by Crippen LogP contribution is -2.50. The molecule has 0 saturated carbocycles. The zero-order valence-electron chi connectivity index (χ0n) is 11.3. The van der Waals surface area contributed by atoms with E-state index < -0.39 is 0 Å². The van der Waals surface area contributed by atoms with Crippen molar-refractivity contribution >= 4 is 17.5 Å². The summed E-state index contributed by atoms with van der Waals surface area (Å²) in [4.78, 5) is 14.6. The number of amides is 1. The van der Waals surface area contributed by atoms with E-state index in [-0.39, 0.29) is 17.9 Å². The highest BCUT2D eigenvalue weighted by Crippen LogP contribution is 2.27. The Morgan fingerprint density at radius 1 is 1.45 bits per heavy atom. The second-order valence-corrected chi connectivity index (χ2v) is 5.80. The summed E-state index contributed by atoms with van der Waals surface area (Å²) in [7, 11) is 0. The van der Waals surface area contributed by atoms with E-state index in [2.05, 4.69) is 5.32 Å². The van der Waals surface area contributed by atoms with Crippen LogP contribution in [0, 0.1) is 5.92 Å². The van der Waals surface area contributed by atoms with E-state index in [1.165, 1.54) is 0 Å². The van der Waals surface area contributed by atoms with Crippen LogP contribution in [0.1, 0.15) is 18.0 Å². The molecule has 2 aliphatic rings. The van der Waals surface area contributed by atoms with Crippen molar-refractivity contribution < 1.29 is 9.53 Å². The van der Waals surface area contributed by atoms with Crippen molar-refractivity contribution in [3.8, 4) is 0 Å². The van der Waals surface area contributed by atoms with Gasteiger partial charge in [-0.1, -0.05) is 23.7 Å². The van der Waals surface area contributed by atoms with E-state index in [4.69, 9.17) is 16.3 Å². The first-order valence-electron chi connectivity index (χ1n) is 7.10. The SMILES string of the molecule is O=C(C1CCOC1)N1CCNCC1c1cccc(Cl)c1. The van der Waals surface area contributed by atoms with Gasteiger partial charge in [0.2, 0.25) is 5.91 Å². The average Bonchev–Trinajstić information content (AvgIpc) is 3.01. The van der Waals surface area contributed by atoms with Gasteiger partial charge in [-0.25, -0.2) is 0 Å². The number of nitrogens with one attached hydrogen (secondary N) is 1. The van der Waals surface area contributed by atoms with Gasteiger partial charge in [0.05, 0.1) is 18.6 Å². The zero-order valence-corrected chi connectivity index (χ0v) is 12.1. The molecular weight excluding hydrogens is 276 g/mol. The maximum absolute atomic E-state index is 12.7. The fraction of sp³-hybridized carbons (Fsp3) is 0.533. The minimum Gasteiger partial charge on any atom is -0.381 e. The molecule has 1 aromatic rings. The van der Waals surface area contributed by atoms with Crippen LogP contribution < -0.4 is 5.32 Å². The molecule has 5 heteroatoms. The largest absolute Gasteiger partial charge is 0.381 e. The Balaban J connectivity index is 1.81. The fourth-order valence-corrected chi connectivity index (χ4v) is 3.14. The summed E-state index contributed by atoms with van der Waals surface area (Å²) < 4.78 is 5.34. The van der Waals surface area contributed by atoms with Crippen molar-refractivity contribution in [3.63, 3.8) is 0 Å². The first kappa shape index (κ1) is 13.9. The summed E-state index contributed by atoms with van der Waals surface area (Å²) in [5.74, 6) is 0.240. The number of ether oxygens (including phenoxy) is 1. The molecule has 0 aliphatic carbocycles. The molecule has 2 fully saturated rings. The molecule has 2 unspecified atom stereocenters. The quantitative estimate of drug-likeness (QED) is 0.905. The summed E-state index contributed by atoms with van der Waals surface area (Å²) in [5, 5.41) is 4.07. The standard InChI is InChI=1S/C15H19ClN2O2/c16-13-3-1-2-11(8-13)14-9-17-5-6-18(14)15(19)12-4-7-20-10-12/h1-3,8,12,14,17H,4-7,9-10H2. The summed E-state index contributed by atoms with van der Waals surface area (Å²) >= 11 is 6.07. The van der Waals surface area contributed by atoms with Gasteiger partial charge in [-0.3, -0.25) is 4.79 Å². The van der Waals surface area contributed by atoms with E-state index in [1.807, 2.05) is 29.2 Å². The monoisotopic (exact) mass is 294 g/mol. The van der Waals surface area contributed by atoms with Gasteiger partial charge in [0.1, 0.15) is 0 Å². The number of carbonyl (C=O) groups is 1. The second-order valence-electron chi connectivity index (χ2n) is 5.37. The van der Waals surface area contributed by atoms with E-state index in [0.717, 1.165) is 31.6 Å². The van der Waals surface area contributed by atoms with Crippen LogP contribution in [0.15, 0.2) is 24.3 Å². The molecule has 0 radical (unpaired) electrons. The van der Waals surface area contributed by atoms with Crippen LogP contribution >= 0.6 is 11.6 Å². The predicted octanol–water partition coefficient (Wildman–Crippen LogP) is 1.85. The third kappa shape index (κ3) is 2.82. The number of piperazine rings is 1. The molecule has 108 valence electrons. The molecule has 3 rings (SSSR count). The number of benzene rings is 1. The number of halogens is 1.